The fourth-order valence-corrected chi connectivity index (χ4v) is 2.29. The minimum atomic E-state index is -0.415. The van der Waals surface area contributed by atoms with Crippen LogP contribution in [-0.2, 0) is 0 Å². The Morgan fingerprint density at radius 1 is 1.33 bits per heavy atom. The van der Waals surface area contributed by atoms with Crippen molar-refractivity contribution in [2.75, 3.05) is 0 Å². The molecule has 0 atom stereocenters. The molecule has 0 N–H and O–H groups in total. The van der Waals surface area contributed by atoms with Gasteiger partial charge in [-0.1, -0.05) is 0 Å². The van der Waals surface area contributed by atoms with Crippen LogP contribution in [0.4, 0.5) is 0 Å². The van der Waals surface area contributed by atoms with Gasteiger partial charge in [0, 0.05) is 0 Å². The summed E-state index contributed by atoms with van der Waals surface area (Å²) in [4.78, 5) is 0. The Labute approximate surface area is 62.6 Å². The first kappa shape index (κ1) is 6.37. The van der Waals surface area contributed by atoms with Gasteiger partial charge in [-0.05, 0) is 0 Å². The second kappa shape index (κ2) is 2.70. The predicted octanol–water partition coefficient (Wildman–Crippen LogP) is 0.487. The Kier molecular flexibility index (Phi) is 1.91. The third-order valence-electron chi connectivity index (χ3n) is 0.887. The Morgan fingerprint density at radius 3 is 2.56 bits per heavy atom. The third-order valence-corrected chi connectivity index (χ3v) is 3.22. The van der Waals surface area contributed by atoms with Gasteiger partial charge in [-0.2, -0.15) is 0 Å². The standard InChI is InChI=1S/C6H2N2Te/c7-3-5-1-2-9-6(5)4-8/h1-2H. The molecule has 0 saturated heterocycles. The number of hydrogen-bond acceptors (Lipinski definition) is 2. The van der Waals surface area contributed by atoms with Crippen molar-refractivity contribution in [1.82, 2.24) is 0 Å². The summed E-state index contributed by atoms with van der Waals surface area (Å²) in [5.74, 6) is 0. The van der Waals surface area contributed by atoms with E-state index in [0.29, 0.717) is 9.14 Å². The monoisotopic (exact) mass is 232 g/mol. The number of nitrogens with zero attached hydrogens (tertiary/aromatic N) is 2. The van der Waals surface area contributed by atoms with Gasteiger partial charge in [-0.3, -0.25) is 0 Å². The predicted molar refractivity (Wildman–Crippen MR) is 32.8 cm³/mol. The van der Waals surface area contributed by atoms with Crippen molar-refractivity contribution in [2.24, 2.45) is 0 Å². The summed E-state index contributed by atoms with van der Waals surface area (Å²) in [5, 5.41) is 16.8. The quantitative estimate of drug-likeness (QED) is 0.608. The zero-order valence-electron chi connectivity index (χ0n) is 4.46. The molecule has 2 nitrogen and oxygen atoms in total. The van der Waals surface area contributed by atoms with Gasteiger partial charge in [0.05, 0.1) is 0 Å². The second-order valence-electron chi connectivity index (χ2n) is 1.39. The Morgan fingerprint density at radius 2 is 2.11 bits per heavy atom. The molecule has 9 heavy (non-hydrogen) atoms. The van der Waals surface area contributed by atoms with Crippen molar-refractivity contribution in [3.63, 3.8) is 0 Å². The van der Waals surface area contributed by atoms with Crippen molar-refractivity contribution < 1.29 is 0 Å². The summed E-state index contributed by atoms with van der Waals surface area (Å²) in [7, 11) is 0. The molecule has 0 amide bonds. The molecule has 42 valence electrons. The van der Waals surface area contributed by atoms with Gasteiger partial charge < -0.3 is 0 Å². The van der Waals surface area contributed by atoms with E-state index in [-0.39, 0.29) is 0 Å². The van der Waals surface area contributed by atoms with E-state index in [1.807, 2.05) is 16.2 Å². The summed E-state index contributed by atoms with van der Waals surface area (Å²) in [5.41, 5.74) is 0.569. The molecular weight excluding hydrogens is 228 g/mol. The van der Waals surface area contributed by atoms with Crippen LogP contribution in [0.2, 0.25) is 0 Å². The number of nitriles is 2. The minimum absolute atomic E-state index is 0.415. The third kappa shape index (κ3) is 1.14. The molecule has 0 unspecified atom stereocenters. The topological polar surface area (TPSA) is 47.6 Å². The molecule has 0 aromatic carbocycles. The van der Waals surface area contributed by atoms with Gasteiger partial charge >= 0.3 is 62.4 Å². The molecule has 0 aliphatic rings. The first-order valence-electron chi connectivity index (χ1n) is 2.26. The summed E-state index contributed by atoms with van der Waals surface area (Å²) in [6.07, 6.45) is 0. The van der Waals surface area contributed by atoms with E-state index in [1.54, 1.807) is 6.07 Å². The molecule has 0 spiro atoms. The molecule has 0 radical (unpaired) electrons. The van der Waals surface area contributed by atoms with Crippen LogP contribution in [0.3, 0.4) is 0 Å². The van der Waals surface area contributed by atoms with Crippen molar-refractivity contribution in [2.45, 2.75) is 0 Å². The van der Waals surface area contributed by atoms with Crippen molar-refractivity contribution in [1.29, 1.82) is 10.5 Å². The van der Waals surface area contributed by atoms with Crippen LogP contribution in [0.15, 0.2) is 10.1 Å². The number of rotatable bonds is 0. The maximum atomic E-state index is 8.40. The Bertz CT molecular complexity index is 258. The van der Waals surface area contributed by atoms with Crippen LogP contribution in [0.1, 0.15) is 9.14 Å². The van der Waals surface area contributed by atoms with Crippen molar-refractivity contribution in [3.05, 3.63) is 19.3 Å². The summed E-state index contributed by atoms with van der Waals surface area (Å²) < 4.78 is 2.66. The Balaban J connectivity index is 3.22. The first-order chi connectivity index (χ1) is 4.38. The molecular formula is C6H2N2Te. The molecule has 3 heteroatoms. The molecule has 0 fully saturated rings. The van der Waals surface area contributed by atoms with Crippen LogP contribution >= 0.6 is 0 Å². The fourth-order valence-electron chi connectivity index (χ4n) is 0.484. The molecule has 0 aliphatic heterocycles. The van der Waals surface area contributed by atoms with Crippen molar-refractivity contribution in [3.8, 4) is 12.1 Å². The first-order valence-corrected chi connectivity index (χ1v) is 4.77. The van der Waals surface area contributed by atoms with Crippen molar-refractivity contribution >= 4 is 20.4 Å². The molecule has 1 aromatic heterocycles. The van der Waals surface area contributed by atoms with E-state index < -0.39 is 20.4 Å². The summed E-state index contributed by atoms with van der Waals surface area (Å²) in [6.45, 7) is 0. The molecule has 1 heterocycles. The molecule has 0 aliphatic carbocycles. The fraction of sp³-hybridized carbons (Fsp3) is 0. The van der Waals surface area contributed by atoms with E-state index in [4.69, 9.17) is 10.5 Å². The zero-order valence-corrected chi connectivity index (χ0v) is 6.79. The van der Waals surface area contributed by atoms with Gasteiger partial charge in [-0.25, -0.2) is 0 Å². The van der Waals surface area contributed by atoms with Gasteiger partial charge in [-0.15, -0.1) is 0 Å². The average Bonchev–Trinajstić information content (AvgIpc) is 2.33. The molecule has 1 rings (SSSR count). The van der Waals surface area contributed by atoms with E-state index in [0.717, 1.165) is 0 Å². The molecule has 1 aromatic rings. The van der Waals surface area contributed by atoms with E-state index in [1.165, 1.54) is 0 Å². The van der Waals surface area contributed by atoms with Crippen LogP contribution in [0, 0.1) is 22.7 Å². The Hall–Kier alpha value is -0.750. The summed E-state index contributed by atoms with van der Waals surface area (Å²) >= 11 is -0.415. The zero-order chi connectivity index (χ0) is 6.69. The van der Waals surface area contributed by atoms with Crippen LogP contribution in [0.5, 0.6) is 0 Å². The van der Waals surface area contributed by atoms with E-state index in [2.05, 4.69) is 0 Å². The van der Waals surface area contributed by atoms with Gasteiger partial charge in [0.1, 0.15) is 0 Å². The average molecular weight is 230 g/mol. The van der Waals surface area contributed by atoms with Crippen LogP contribution < -0.4 is 0 Å². The molecule has 0 saturated carbocycles. The normalized spacial score (nSPS) is 7.78. The molecule has 0 bridgehead atoms. The SMILES string of the molecule is N#Cc1cc[te]c1C#N. The van der Waals surface area contributed by atoms with Gasteiger partial charge in [0.25, 0.3) is 0 Å². The second-order valence-corrected chi connectivity index (χ2v) is 4.00. The summed E-state index contributed by atoms with van der Waals surface area (Å²) in [6, 6.07) is 5.72. The van der Waals surface area contributed by atoms with E-state index in [9.17, 15) is 0 Å². The van der Waals surface area contributed by atoms with Crippen LogP contribution in [0.25, 0.3) is 0 Å². The van der Waals surface area contributed by atoms with E-state index >= 15 is 0 Å². The van der Waals surface area contributed by atoms with Gasteiger partial charge in [0.2, 0.25) is 0 Å². The van der Waals surface area contributed by atoms with Crippen LogP contribution in [-0.4, -0.2) is 20.4 Å². The van der Waals surface area contributed by atoms with Gasteiger partial charge in [0.15, 0.2) is 0 Å². The maximum absolute atomic E-state index is 8.40. The number of hydrogen-bond donors (Lipinski definition) is 0.